The van der Waals surface area contributed by atoms with Gasteiger partial charge in [0.2, 0.25) is 0 Å². The SMILES string of the molecule is O=C(Cc1ccc(Cl)cc1)c1cc(F)c(Cl)cc1F. The molecule has 0 saturated carbocycles. The van der Waals surface area contributed by atoms with Gasteiger partial charge in [0.25, 0.3) is 0 Å². The van der Waals surface area contributed by atoms with Crippen molar-refractivity contribution in [2.24, 2.45) is 0 Å². The molecule has 0 aliphatic rings. The van der Waals surface area contributed by atoms with E-state index >= 15 is 0 Å². The van der Waals surface area contributed by atoms with E-state index in [1.807, 2.05) is 0 Å². The van der Waals surface area contributed by atoms with Gasteiger partial charge in [0.15, 0.2) is 5.78 Å². The molecule has 0 heterocycles. The number of benzene rings is 2. The second-order valence-electron chi connectivity index (χ2n) is 3.97. The van der Waals surface area contributed by atoms with Crippen molar-refractivity contribution in [2.75, 3.05) is 0 Å². The van der Waals surface area contributed by atoms with Gasteiger partial charge in [-0.1, -0.05) is 35.3 Å². The Morgan fingerprint density at radius 1 is 1.00 bits per heavy atom. The van der Waals surface area contributed by atoms with E-state index < -0.39 is 17.4 Å². The zero-order valence-corrected chi connectivity index (χ0v) is 11.1. The smallest absolute Gasteiger partial charge is 0.170 e. The second kappa shape index (κ2) is 5.68. The molecule has 2 aromatic rings. The highest BCUT2D eigenvalue weighted by atomic mass is 35.5. The summed E-state index contributed by atoms with van der Waals surface area (Å²) in [5.74, 6) is -2.16. The van der Waals surface area contributed by atoms with Crippen LogP contribution in [-0.4, -0.2) is 5.78 Å². The molecule has 0 N–H and O–H groups in total. The number of ketones is 1. The predicted octanol–water partition coefficient (Wildman–Crippen LogP) is 4.70. The van der Waals surface area contributed by atoms with E-state index in [0.29, 0.717) is 10.6 Å². The summed E-state index contributed by atoms with van der Waals surface area (Å²) in [6, 6.07) is 8.18. The summed E-state index contributed by atoms with van der Waals surface area (Å²) < 4.78 is 26.8. The highest BCUT2D eigenvalue weighted by molar-refractivity contribution is 6.31. The summed E-state index contributed by atoms with van der Waals surface area (Å²) in [7, 11) is 0. The molecule has 98 valence electrons. The fourth-order valence-corrected chi connectivity index (χ4v) is 1.90. The molecule has 0 unspecified atom stereocenters. The first-order valence-corrected chi connectivity index (χ1v) is 6.15. The first-order chi connectivity index (χ1) is 8.97. The Morgan fingerprint density at radius 3 is 2.26 bits per heavy atom. The molecular weight excluding hydrogens is 293 g/mol. The molecule has 0 atom stereocenters. The van der Waals surface area contributed by atoms with Gasteiger partial charge in [0.1, 0.15) is 11.6 Å². The lowest BCUT2D eigenvalue weighted by molar-refractivity contribution is 0.0988. The minimum atomic E-state index is -0.828. The van der Waals surface area contributed by atoms with Gasteiger partial charge in [-0.3, -0.25) is 4.79 Å². The van der Waals surface area contributed by atoms with Crippen LogP contribution in [0.5, 0.6) is 0 Å². The van der Waals surface area contributed by atoms with Gasteiger partial charge in [0.05, 0.1) is 10.6 Å². The highest BCUT2D eigenvalue weighted by Crippen LogP contribution is 2.21. The van der Waals surface area contributed by atoms with Crippen molar-refractivity contribution in [3.05, 3.63) is 69.2 Å². The van der Waals surface area contributed by atoms with E-state index in [1.54, 1.807) is 24.3 Å². The standard InChI is InChI=1S/C14H8Cl2F2O/c15-9-3-1-8(2-4-9)5-14(19)10-6-13(18)11(16)7-12(10)17/h1-4,6-7H,5H2. The fraction of sp³-hybridized carbons (Fsp3) is 0.0714. The van der Waals surface area contributed by atoms with Crippen LogP contribution in [0.1, 0.15) is 15.9 Å². The van der Waals surface area contributed by atoms with Crippen molar-refractivity contribution in [3.63, 3.8) is 0 Å². The average molecular weight is 301 g/mol. The molecular formula is C14H8Cl2F2O. The predicted molar refractivity (Wildman–Crippen MR) is 70.9 cm³/mol. The Labute approximate surface area is 118 Å². The fourth-order valence-electron chi connectivity index (χ4n) is 1.62. The number of halogens is 4. The molecule has 0 fully saturated rings. The minimum Gasteiger partial charge on any atom is -0.294 e. The Balaban J connectivity index is 2.25. The molecule has 0 aliphatic carbocycles. The van der Waals surface area contributed by atoms with E-state index in [0.717, 1.165) is 12.1 Å². The first kappa shape index (κ1) is 14.0. The van der Waals surface area contributed by atoms with Crippen molar-refractivity contribution in [3.8, 4) is 0 Å². The topological polar surface area (TPSA) is 17.1 Å². The minimum absolute atomic E-state index is 0.0326. The van der Waals surface area contributed by atoms with Gasteiger partial charge < -0.3 is 0 Å². The Hall–Kier alpha value is -1.45. The molecule has 0 amide bonds. The normalized spacial score (nSPS) is 10.5. The van der Waals surface area contributed by atoms with Crippen LogP contribution in [0.15, 0.2) is 36.4 Å². The largest absolute Gasteiger partial charge is 0.294 e. The van der Waals surface area contributed by atoms with E-state index in [1.165, 1.54) is 0 Å². The van der Waals surface area contributed by atoms with Gasteiger partial charge >= 0.3 is 0 Å². The van der Waals surface area contributed by atoms with Crippen molar-refractivity contribution >= 4 is 29.0 Å². The lowest BCUT2D eigenvalue weighted by atomic mass is 10.0. The van der Waals surface area contributed by atoms with Gasteiger partial charge in [-0.05, 0) is 29.8 Å². The Morgan fingerprint density at radius 2 is 1.63 bits per heavy atom. The van der Waals surface area contributed by atoms with E-state index in [9.17, 15) is 13.6 Å². The zero-order chi connectivity index (χ0) is 14.0. The molecule has 0 aromatic heterocycles. The summed E-state index contributed by atoms with van der Waals surface area (Å²) in [5, 5.41) is 0.195. The molecule has 0 radical (unpaired) electrons. The maximum atomic E-state index is 13.6. The van der Waals surface area contributed by atoms with Crippen LogP contribution in [0.25, 0.3) is 0 Å². The summed E-state index contributed by atoms with van der Waals surface area (Å²) in [6.45, 7) is 0. The van der Waals surface area contributed by atoms with E-state index in [-0.39, 0.29) is 17.0 Å². The van der Waals surface area contributed by atoms with Crippen LogP contribution >= 0.6 is 23.2 Å². The van der Waals surface area contributed by atoms with Crippen molar-refractivity contribution in [2.45, 2.75) is 6.42 Å². The molecule has 19 heavy (non-hydrogen) atoms. The van der Waals surface area contributed by atoms with Crippen LogP contribution in [0, 0.1) is 11.6 Å². The Bertz CT molecular complexity index is 624. The van der Waals surface area contributed by atoms with E-state index in [4.69, 9.17) is 23.2 Å². The summed E-state index contributed by atoms with van der Waals surface area (Å²) >= 11 is 11.1. The van der Waals surface area contributed by atoms with Crippen LogP contribution in [0.4, 0.5) is 8.78 Å². The van der Waals surface area contributed by atoms with Crippen molar-refractivity contribution in [1.29, 1.82) is 0 Å². The summed E-state index contributed by atoms with van der Waals surface area (Å²) in [4.78, 5) is 11.9. The zero-order valence-electron chi connectivity index (χ0n) is 9.59. The van der Waals surface area contributed by atoms with Crippen LogP contribution < -0.4 is 0 Å². The number of carbonyl (C=O) groups excluding carboxylic acids is 1. The van der Waals surface area contributed by atoms with Gasteiger partial charge in [-0.2, -0.15) is 0 Å². The van der Waals surface area contributed by atoms with Gasteiger partial charge in [-0.15, -0.1) is 0 Å². The van der Waals surface area contributed by atoms with Crippen LogP contribution in [-0.2, 0) is 6.42 Å². The quantitative estimate of drug-likeness (QED) is 0.593. The number of hydrogen-bond acceptors (Lipinski definition) is 1. The maximum absolute atomic E-state index is 13.6. The van der Waals surface area contributed by atoms with Crippen LogP contribution in [0.3, 0.4) is 0 Å². The second-order valence-corrected chi connectivity index (χ2v) is 4.82. The number of Topliss-reactive ketones (excluding diaryl/α,β-unsaturated/α-hetero) is 1. The molecule has 5 heteroatoms. The average Bonchev–Trinajstić information content (AvgIpc) is 2.36. The number of carbonyl (C=O) groups is 1. The lowest BCUT2D eigenvalue weighted by Crippen LogP contribution is -2.07. The molecule has 2 rings (SSSR count). The molecule has 0 bridgehead atoms. The van der Waals surface area contributed by atoms with Gasteiger partial charge in [0, 0.05) is 11.4 Å². The third-order valence-electron chi connectivity index (χ3n) is 2.59. The third kappa shape index (κ3) is 3.31. The monoisotopic (exact) mass is 300 g/mol. The molecule has 0 spiro atoms. The first-order valence-electron chi connectivity index (χ1n) is 5.39. The van der Waals surface area contributed by atoms with Gasteiger partial charge in [-0.25, -0.2) is 8.78 Å². The van der Waals surface area contributed by atoms with E-state index in [2.05, 4.69) is 0 Å². The molecule has 2 aromatic carbocycles. The van der Waals surface area contributed by atoms with Crippen LogP contribution in [0.2, 0.25) is 10.0 Å². The van der Waals surface area contributed by atoms with Crippen molar-refractivity contribution < 1.29 is 13.6 Å². The maximum Gasteiger partial charge on any atom is 0.170 e. The lowest BCUT2D eigenvalue weighted by Gasteiger charge is -2.04. The molecule has 1 nitrogen and oxygen atoms in total. The highest BCUT2D eigenvalue weighted by Gasteiger charge is 2.15. The molecule has 0 aliphatic heterocycles. The third-order valence-corrected chi connectivity index (χ3v) is 3.13. The number of rotatable bonds is 3. The Kier molecular flexibility index (Phi) is 4.17. The number of hydrogen-bond donors (Lipinski definition) is 0. The van der Waals surface area contributed by atoms with Crippen molar-refractivity contribution in [1.82, 2.24) is 0 Å². The summed E-state index contributed by atoms with van der Waals surface area (Å²) in [5.41, 5.74) is 0.362. The molecule has 0 saturated heterocycles. The summed E-state index contributed by atoms with van der Waals surface area (Å²) in [6.07, 6.45) is -0.0326.